The van der Waals surface area contributed by atoms with Crippen LogP contribution in [0.3, 0.4) is 0 Å². The lowest BCUT2D eigenvalue weighted by Crippen LogP contribution is -2.14. The first-order chi connectivity index (χ1) is 10.1. The summed E-state index contributed by atoms with van der Waals surface area (Å²) in [6.45, 7) is 4.81. The predicted molar refractivity (Wildman–Crippen MR) is 75.6 cm³/mol. The van der Waals surface area contributed by atoms with Crippen LogP contribution in [-0.2, 0) is 16.1 Å². The molecular formula is C14H18N4O3. The number of benzene rings is 1. The van der Waals surface area contributed by atoms with Gasteiger partial charge in [-0.3, -0.25) is 0 Å². The van der Waals surface area contributed by atoms with E-state index in [0.29, 0.717) is 18.3 Å². The molecule has 0 aliphatic carbocycles. The maximum absolute atomic E-state index is 11.1. The lowest BCUT2D eigenvalue weighted by Gasteiger charge is -2.08. The van der Waals surface area contributed by atoms with Crippen molar-refractivity contribution in [1.82, 2.24) is 20.2 Å². The van der Waals surface area contributed by atoms with Crippen molar-refractivity contribution in [2.24, 2.45) is 5.92 Å². The van der Waals surface area contributed by atoms with Crippen LogP contribution in [0, 0.1) is 5.92 Å². The predicted octanol–water partition coefficient (Wildman–Crippen LogP) is 1.55. The van der Waals surface area contributed by atoms with Gasteiger partial charge in [0.1, 0.15) is 5.75 Å². The van der Waals surface area contributed by atoms with Gasteiger partial charge in [0.25, 0.3) is 0 Å². The highest BCUT2D eigenvalue weighted by Crippen LogP contribution is 2.19. The molecule has 0 saturated heterocycles. The molecule has 2 rings (SSSR count). The third kappa shape index (κ3) is 4.27. The van der Waals surface area contributed by atoms with Crippen LogP contribution < -0.4 is 4.74 Å². The van der Waals surface area contributed by atoms with Gasteiger partial charge in [-0.2, -0.15) is 4.80 Å². The minimum absolute atomic E-state index is 0.0565. The summed E-state index contributed by atoms with van der Waals surface area (Å²) in [5, 5.41) is 11.8. The van der Waals surface area contributed by atoms with Gasteiger partial charge in [0.05, 0.1) is 13.7 Å². The Hall–Kier alpha value is -2.44. The van der Waals surface area contributed by atoms with Crippen LogP contribution in [0.4, 0.5) is 0 Å². The van der Waals surface area contributed by atoms with Gasteiger partial charge in [0.15, 0.2) is 6.54 Å². The highest BCUT2D eigenvalue weighted by atomic mass is 16.5. The zero-order valence-electron chi connectivity index (χ0n) is 12.3. The highest BCUT2D eigenvalue weighted by molar-refractivity contribution is 5.68. The van der Waals surface area contributed by atoms with E-state index in [1.807, 2.05) is 24.3 Å². The fourth-order valence-corrected chi connectivity index (χ4v) is 1.57. The van der Waals surface area contributed by atoms with Gasteiger partial charge >= 0.3 is 5.97 Å². The first kappa shape index (κ1) is 15.0. The van der Waals surface area contributed by atoms with E-state index < -0.39 is 5.97 Å². The van der Waals surface area contributed by atoms with Crippen LogP contribution in [0.2, 0.25) is 0 Å². The molecule has 1 aromatic carbocycles. The molecule has 0 amide bonds. The molecule has 7 heteroatoms. The van der Waals surface area contributed by atoms with Gasteiger partial charge in [-0.05, 0) is 35.4 Å². The maximum atomic E-state index is 11.1. The molecule has 0 N–H and O–H groups in total. The average Bonchev–Trinajstić information content (AvgIpc) is 2.94. The number of ether oxygens (including phenoxy) is 2. The first-order valence-corrected chi connectivity index (χ1v) is 6.66. The van der Waals surface area contributed by atoms with E-state index in [2.05, 4.69) is 34.0 Å². The van der Waals surface area contributed by atoms with Crippen LogP contribution in [0.15, 0.2) is 24.3 Å². The number of tetrazole rings is 1. The summed E-state index contributed by atoms with van der Waals surface area (Å²) >= 11 is 0. The molecule has 0 spiro atoms. The monoisotopic (exact) mass is 290 g/mol. The third-order valence-electron chi connectivity index (χ3n) is 2.65. The topological polar surface area (TPSA) is 79.1 Å². The third-order valence-corrected chi connectivity index (χ3v) is 2.65. The summed E-state index contributed by atoms with van der Waals surface area (Å²) < 4.78 is 10.2. The first-order valence-electron chi connectivity index (χ1n) is 6.66. The number of hydrogen-bond donors (Lipinski definition) is 0. The number of carbonyl (C=O) groups excluding carboxylic acids is 1. The van der Waals surface area contributed by atoms with Crippen molar-refractivity contribution >= 4 is 5.97 Å². The summed E-state index contributed by atoms with van der Waals surface area (Å²) in [5.74, 6) is 1.31. The summed E-state index contributed by atoms with van der Waals surface area (Å²) in [6.07, 6.45) is 0. The van der Waals surface area contributed by atoms with E-state index in [1.165, 1.54) is 11.9 Å². The second kappa shape index (κ2) is 6.83. The van der Waals surface area contributed by atoms with Crippen molar-refractivity contribution in [2.75, 3.05) is 13.7 Å². The molecule has 1 aromatic heterocycles. The van der Waals surface area contributed by atoms with Crippen molar-refractivity contribution in [3.8, 4) is 17.1 Å². The van der Waals surface area contributed by atoms with Gasteiger partial charge in [-0.1, -0.05) is 13.8 Å². The number of methoxy groups -OCH3 is 1. The molecule has 0 atom stereocenters. The molecule has 0 radical (unpaired) electrons. The summed E-state index contributed by atoms with van der Waals surface area (Å²) in [4.78, 5) is 12.3. The lowest BCUT2D eigenvalue weighted by molar-refractivity contribution is -0.141. The summed E-state index contributed by atoms with van der Waals surface area (Å²) in [5.41, 5.74) is 0.808. The smallest absolute Gasteiger partial charge is 0.329 e. The molecule has 0 bridgehead atoms. The molecule has 0 aliphatic rings. The average molecular weight is 290 g/mol. The van der Waals surface area contributed by atoms with E-state index in [4.69, 9.17) is 4.74 Å². The zero-order valence-corrected chi connectivity index (χ0v) is 12.3. The minimum atomic E-state index is -0.420. The van der Waals surface area contributed by atoms with Crippen molar-refractivity contribution in [1.29, 1.82) is 0 Å². The molecular weight excluding hydrogens is 272 g/mol. The molecule has 0 saturated carbocycles. The van der Waals surface area contributed by atoms with Crippen LogP contribution in [0.5, 0.6) is 5.75 Å². The fraction of sp³-hybridized carbons (Fsp3) is 0.429. The number of rotatable bonds is 6. The SMILES string of the molecule is COC(=O)Cn1nnc(-c2ccc(OCC(C)C)cc2)n1. The maximum Gasteiger partial charge on any atom is 0.329 e. The quantitative estimate of drug-likeness (QED) is 0.751. The zero-order chi connectivity index (χ0) is 15.2. The number of nitrogens with zero attached hydrogens (tertiary/aromatic N) is 4. The largest absolute Gasteiger partial charge is 0.493 e. The Morgan fingerprint density at radius 2 is 2.00 bits per heavy atom. The standard InChI is InChI=1S/C14H18N4O3/c1-10(2)9-21-12-6-4-11(5-7-12)14-15-17-18(16-14)8-13(19)20-3/h4-7,10H,8-9H2,1-3H3. The van der Waals surface area contributed by atoms with Gasteiger partial charge in [0, 0.05) is 5.56 Å². The Balaban J connectivity index is 2.03. The van der Waals surface area contributed by atoms with Crippen molar-refractivity contribution in [3.63, 3.8) is 0 Å². The molecule has 0 unspecified atom stereocenters. The number of esters is 1. The van der Waals surface area contributed by atoms with Crippen LogP contribution in [0.25, 0.3) is 11.4 Å². The summed E-state index contributed by atoms with van der Waals surface area (Å²) in [6, 6.07) is 7.43. The second-order valence-corrected chi connectivity index (χ2v) is 4.95. The molecule has 21 heavy (non-hydrogen) atoms. The lowest BCUT2D eigenvalue weighted by atomic mass is 10.2. The Kier molecular flexibility index (Phi) is 4.86. The van der Waals surface area contributed by atoms with Crippen LogP contribution in [0.1, 0.15) is 13.8 Å². The fourth-order valence-electron chi connectivity index (χ4n) is 1.57. The Bertz CT molecular complexity index is 593. The van der Waals surface area contributed by atoms with Crippen molar-refractivity contribution in [2.45, 2.75) is 20.4 Å². The molecule has 1 heterocycles. The molecule has 112 valence electrons. The van der Waals surface area contributed by atoms with E-state index >= 15 is 0 Å². The Morgan fingerprint density at radius 1 is 1.29 bits per heavy atom. The van der Waals surface area contributed by atoms with E-state index in [9.17, 15) is 4.79 Å². The normalized spacial score (nSPS) is 10.7. The molecule has 0 aliphatic heterocycles. The summed E-state index contributed by atoms with van der Waals surface area (Å²) in [7, 11) is 1.32. The van der Waals surface area contributed by atoms with Crippen molar-refractivity contribution in [3.05, 3.63) is 24.3 Å². The molecule has 7 nitrogen and oxygen atoms in total. The van der Waals surface area contributed by atoms with E-state index in [0.717, 1.165) is 11.3 Å². The highest BCUT2D eigenvalue weighted by Gasteiger charge is 2.09. The number of carbonyl (C=O) groups is 1. The Morgan fingerprint density at radius 3 is 2.62 bits per heavy atom. The van der Waals surface area contributed by atoms with E-state index in [1.54, 1.807) is 0 Å². The van der Waals surface area contributed by atoms with Crippen LogP contribution in [-0.4, -0.2) is 39.9 Å². The van der Waals surface area contributed by atoms with Gasteiger partial charge in [0.2, 0.25) is 5.82 Å². The number of hydrogen-bond acceptors (Lipinski definition) is 6. The molecule has 0 fully saturated rings. The van der Waals surface area contributed by atoms with Gasteiger partial charge in [-0.15, -0.1) is 10.2 Å². The number of aromatic nitrogens is 4. The van der Waals surface area contributed by atoms with E-state index in [-0.39, 0.29) is 6.54 Å². The van der Waals surface area contributed by atoms with Gasteiger partial charge in [-0.25, -0.2) is 4.79 Å². The van der Waals surface area contributed by atoms with Gasteiger partial charge < -0.3 is 9.47 Å². The Labute approximate surface area is 122 Å². The van der Waals surface area contributed by atoms with Crippen LogP contribution >= 0.6 is 0 Å². The van der Waals surface area contributed by atoms with Crippen molar-refractivity contribution < 1.29 is 14.3 Å². The second-order valence-electron chi connectivity index (χ2n) is 4.95. The molecule has 2 aromatic rings. The minimum Gasteiger partial charge on any atom is -0.493 e.